The molecule has 0 bridgehead atoms. The summed E-state index contributed by atoms with van der Waals surface area (Å²) in [6.07, 6.45) is 3.22. The summed E-state index contributed by atoms with van der Waals surface area (Å²) < 4.78 is 10.3. The zero-order valence-corrected chi connectivity index (χ0v) is 20.1. The van der Waals surface area contributed by atoms with Crippen molar-refractivity contribution in [3.8, 4) is 0 Å². The van der Waals surface area contributed by atoms with Crippen LogP contribution in [-0.2, 0) is 16.1 Å². The van der Waals surface area contributed by atoms with Crippen LogP contribution in [0.5, 0.6) is 0 Å². The molecular weight excluding hydrogens is 511 g/mol. The number of anilines is 1. The first-order valence-electron chi connectivity index (χ1n) is 10.2. The molecule has 1 saturated heterocycles. The average molecular weight is 540 g/mol. The lowest BCUT2D eigenvalue weighted by atomic mass is 9.98. The standard InChI is InChI=1S/C22H28N4O4.HI/c1-3-29-21(28)17-8-5-11-26(15-17)22(23-2)24-14-16-7-4-9-18(13-16)25-20(27)19-10-6-12-30-19;/h4,6-7,9-10,12-13,17H,3,5,8,11,14-15H2,1-2H3,(H,23,24)(H,25,27);1H/t17-;/m0./s1. The second kappa shape index (κ2) is 12.3. The van der Waals surface area contributed by atoms with Crippen molar-refractivity contribution in [2.24, 2.45) is 10.9 Å². The number of nitrogens with zero attached hydrogens (tertiary/aromatic N) is 2. The summed E-state index contributed by atoms with van der Waals surface area (Å²) >= 11 is 0. The monoisotopic (exact) mass is 540 g/mol. The van der Waals surface area contributed by atoms with Gasteiger partial charge in [-0.2, -0.15) is 0 Å². The van der Waals surface area contributed by atoms with Gasteiger partial charge in [-0.05, 0) is 49.6 Å². The molecule has 0 saturated carbocycles. The highest BCUT2D eigenvalue weighted by Crippen LogP contribution is 2.18. The van der Waals surface area contributed by atoms with Crippen LogP contribution in [0.4, 0.5) is 5.69 Å². The highest BCUT2D eigenvalue weighted by atomic mass is 127. The van der Waals surface area contributed by atoms with Crippen molar-refractivity contribution in [3.05, 3.63) is 54.0 Å². The van der Waals surface area contributed by atoms with Gasteiger partial charge in [0, 0.05) is 32.4 Å². The minimum atomic E-state index is -0.292. The van der Waals surface area contributed by atoms with Crippen molar-refractivity contribution < 1.29 is 18.7 Å². The number of piperidine rings is 1. The molecule has 3 rings (SSSR count). The van der Waals surface area contributed by atoms with E-state index in [1.165, 1.54) is 6.26 Å². The number of likely N-dealkylation sites (tertiary alicyclic amines) is 1. The molecular formula is C22H29IN4O4. The number of amides is 1. The molecule has 2 heterocycles. The second-order valence-corrected chi connectivity index (χ2v) is 7.07. The van der Waals surface area contributed by atoms with Crippen LogP contribution in [0.3, 0.4) is 0 Å². The van der Waals surface area contributed by atoms with Crippen LogP contribution in [0.15, 0.2) is 52.1 Å². The Hall–Kier alpha value is -2.56. The molecule has 168 valence electrons. The van der Waals surface area contributed by atoms with E-state index in [-0.39, 0.29) is 47.5 Å². The number of carbonyl (C=O) groups is 2. The fourth-order valence-electron chi connectivity index (χ4n) is 3.49. The first-order chi connectivity index (χ1) is 14.6. The van der Waals surface area contributed by atoms with Gasteiger partial charge in [0.2, 0.25) is 0 Å². The largest absolute Gasteiger partial charge is 0.466 e. The maximum Gasteiger partial charge on any atom is 0.310 e. The van der Waals surface area contributed by atoms with Gasteiger partial charge in [-0.3, -0.25) is 14.6 Å². The minimum Gasteiger partial charge on any atom is -0.466 e. The van der Waals surface area contributed by atoms with Crippen molar-refractivity contribution in [3.63, 3.8) is 0 Å². The summed E-state index contributed by atoms with van der Waals surface area (Å²) in [5.41, 5.74) is 1.68. The molecule has 31 heavy (non-hydrogen) atoms. The molecule has 2 aromatic rings. The van der Waals surface area contributed by atoms with Gasteiger partial charge in [-0.25, -0.2) is 0 Å². The van der Waals surface area contributed by atoms with Crippen molar-refractivity contribution in [2.45, 2.75) is 26.3 Å². The second-order valence-electron chi connectivity index (χ2n) is 7.07. The molecule has 1 fully saturated rings. The van der Waals surface area contributed by atoms with E-state index in [9.17, 15) is 9.59 Å². The van der Waals surface area contributed by atoms with Crippen LogP contribution in [0.25, 0.3) is 0 Å². The topological polar surface area (TPSA) is 96.2 Å². The number of ether oxygens (including phenoxy) is 1. The van der Waals surface area contributed by atoms with Gasteiger partial charge in [0.1, 0.15) is 0 Å². The van der Waals surface area contributed by atoms with Gasteiger partial charge < -0.3 is 24.7 Å². The third-order valence-electron chi connectivity index (χ3n) is 4.93. The summed E-state index contributed by atoms with van der Waals surface area (Å²) in [5.74, 6) is 0.448. The van der Waals surface area contributed by atoms with Gasteiger partial charge in [0.25, 0.3) is 5.91 Å². The van der Waals surface area contributed by atoms with Crippen molar-refractivity contribution in [2.75, 3.05) is 32.1 Å². The highest BCUT2D eigenvalue weighted by molar-refractivity contribution is 14.0. The van der Waals surface area contributed by atoms with E-state index < -0.39 is 0 Å². The predicted molar refractivity (Wildman–Crippen MR) is 130 cm³/mol. The normalized spacial score (nSPS) is 16.3. The number of carbonyl (C=O) groups excluding carboxylic acids is 2. The molecule has 1 atom stereocenters. The molecule has 1 aliphatic heterocycles. The summed E-state index contributed by atoms with van der Waals surface area (Å²) in [7, 11) is 1.73. The predicted octanol–water partition coefficient (Wildman–Crippen LogP) is 3.50. The molecule has 0 spiro atoms. The molecule has 0 unspecified atom stereocenters. The minimum absolute atomic E-state index is 0. The Balaban J connectivity index is 0.00000341. The van der Waals surface area contributed by atoms with Gasteiger partial charge in [0.05, 0.1) is 18.8 Å². The summed E-state index contributed by atoms with van der Waals surface area (Å²) in [5, 5.41) is 6.18. The van der Waals surface area contributed by atoms with Gasteiger partial charge >= 0.3 is 5.97 Å². The number of esters is 1. The van der Waals surface area contributed by atoms with Crippen LogP contribution in [0.1, 0.15) is 35.9 Å². The SMILES string of the molecule is CCOC(=O)[C@H]1CCCN(C(=NC)NCc2cccc(NC(=O)c3ccco3)c2)C1.I. The van der Waals surface area contributed by atoms with Gasteiger partial charge in [-0.15, -0.1) is 24.0 Å². The zero-order valence-electron chi connectivity index (χ0n) is 17.8. The van der Waals surface area contributed by atoms with E-state index in [0.29, 0.717) is 25.4 Å². The van der Waals surface area contributed by atoms with Crippen molar-refractivity contribution in [1.82, 2.24) is 10.2 Å². The lowest BCUT2D eigenvalue weighted by Gasteiger charge is -2.34. The number of nitrogens with one attached hydrogen (secondary N) is 2. The zero-order chi connectivity index (χ0) is 21.3. The average Bonchev–Trinajstić information content (AvgIpc) is 3.30. The van der Waals surface area contributed by atoms with Crippen molar-refractivity contribution in [1.29, 1.82) is 0 Å². The van der Waals surface area contributed by atoms with Crippen LogP contribution in [-0.4, -0.2) is 49.5 Å². The number of halogens is 1. The Kier molecular flexibility index (Phi) is 9.83. The number of hydrogen-bond donors (Lipinski definition) is 2. The molecule has 0 aliphatic carbocycles. The molecule has 9 heteroatoms. The van der Waals surface area contributed by atoms with Crippen LogP contribution < -0.4 is 10.6 Å². The molecule has 8 nitrogen and oxygen atoms in total. The third kappa shape index (κ3) is 6.98. The number of benzene rings is 1. The lowest BCUT2D eigenvalue weighted by Crippen LogP contribution is -2.48. The van der Waals surface area contributed by atoms with Crippen LogP contribution in [0, 0.1) is 5.92 Å². The Bertz CT molecular complexity index is 885. The first kappa shape index (κ1) is 24.7. The summed E-state index contributed by atoms with van der Waals surface area (Å²) in [4.78, 5) is 30.7. The summed E-state index contributed by atoms with van der Waals surface area (Å²) in [6.45, 7) is 4.20. The van der Waals surface area contributed by atoms with E-state index in [0.717, 1.165) is 30.9 Å². The fraction of sp³-hybridized carbons (Fsp3) is 0.409. The number of furan rings is 1. The molecule has 1 aromatic heterocycles. The molecule has 0 radical (unpaired) electrons. The van der Waals surface area contributed by atoms with E-state index in [4.69, 9.17) is 9.15 Å². The Morgan fingerprint density at radius 3 is 2.84 bits per heavy atom. The van der Waals surface area contributed by atoms with E-state index in [2.05, 4.69) is 20.5 Å². The molecule has 1 amide bonds. The number of rotatable bonds is 6. The van der Waals surface area contributed by atoms with E-state index >= 15 is 0 Å². The summed E-state index contributed by atoms with van der Waals surface area (Å²) in [6, 6.07) is 10.9. The van der Waals surface area contributed by atoms with Crippen LogP contribution >= 0.6 is 24.0 Å². The maximum atomic E-state index is 12.2. The molecule has 1 aromatic carbocycles. The van der Waals surface area contributed by atoms with Crippen molar-refractivity contribution >= 4 is 47.5 Å². The third-order valence-corrected chi connectivity index (χ3v) is 4.93. The van der Waals surface area contributed by atoms with Gasteiger partial charge in [-0.1, -0.05) is 12.1 Å². The smallest absolute Gasteiger partial charge is 0.310 e. The first-order valence-corrected chi connectivity index (χ1v) is 10.2. The Morgan fingerprint density at radius 1 is 1.29 bits per heavy atom. The maximum absolute atomic E-state index is 12.2. The van der Waals surface area contributed by atoms with Gasteiger partial charge in [0.15, 0.2) is 11.7 Å². The van der Waals surface area contributed by atoms with E-state index in [1.807, 2.05) is 31.2 Å². The highest BCUT2D eigenvalue weighted by Gasteiger charge is 2.28. The molecule has 2 N–H and O–H groups in total. The number of aliphatic imine (C=N–C) groups is 1. The molecule has 1 aliphatic rings. The quantitative estimate of drug-likeness (QED) is 0.252. The van der Waals surface area contributed by atoms with Crippen LogP contribution in [0.2, 0.25) is 0 Å². The lowest BCUT2D eigenvalue weighted by molar-refractivity contribution is -0.149. The Labute approximate surface area is 199 Å². The van der Waals surface area contributed by atoms with E-state index in [1.54, 1.807) is 19.2 Å². The fourth-order valence-corrected chi connectivity index (χ4v) is 3.49. The Morgan fingerprint density at radius 2 is 2.13 bits per heavy atom. The number of hydrogen-bond acceptors (Lipinski definition) is 5. The number of guanidine groups is 1.